The number of anilines is 1. The number of aryl methyl sites for hydroxylation is 2. The fourth-order valence-electron chi connectivity index (χ4n) is 3.31. The molecule has 0 unspecified atom stereocenters. The van der Waals surface area contributed by atoms with E-state index >= 15 is 0 Å². The summed E-state index contributed by atoms with van der Waals surface area (Å²) in [5.41, 5.74) is 1.25. The average molecular weight is 399 g/mol. The number of ether oxygens (including phenoxy) is 2. The van der Waals surface area contributed by atoms with Gasteiger partial charge in [-0.2, -0.15) is 0 Å². The van der Waals surface area contributed by atoms with Crippen LogP contribution in [0.25, 0.3) is 10.2 Å². The van der Waals surface area contributed by atoms with Crippen molar-refractivity contribution in [2.75, 3.05) is 44.8 Å². The van der Waals surface area contributed by atoms with Crippen LogP contribution in [0.3, 0.4) is 0 Å². The Morgan fingerprint density at radius 3 is 2.71 bits per heavy atom. The van der Waals surface area contributed by atoms with Crippen LogP contribution in [0.4, 0.5) is 5.82 Å². The van der Waals surface area contributed by atoms with Crippen molar-refractivity contribution in [3.63, 3.8) is 0 Å². The predicted molar refractivity (Wildman–Crippen MR) is 113 cm³/mol. The Labute approximate surface area is 169 Å². The zero-order valence-corrected chi connectivity index (χ0v) is 17.2. The third-order valence-electron chi connectivity index (χ3n) is 4.95. The van der Waals surface area contributed by atoms with Crippen LogP contribution in [0.2, 0.25) is 0 Å². The van der Waals surface area contributed by atoms with E-state index in [1.807, 2.05) is 30.3 Å². The van der Waals surface area contributed by atoms with E-state index in [0.29, 0.717) is 13.2 Å². The summed E-state index contributed by atoms with van der Waals surface area (Å²) in [7, 11) is 0. The molecule has 1 aliphatic heterocycles. The van der Waals surface area contributed by atoms with Gasteiger partial charge in [0.15, 0.2) is 0 Å². The molecule has 3 aromatic rings. The monoisotopic (exact) mass is 398 g/mol. The molecule has 6 nitrogen and oxygen atoms in total. The van der Waals surface area contributed by atoms with Gasteiger partial charge < -0.3 is 14.8 Å². The first kappa shape index (κ1) is 19.1. The second-order valence-corrected chi connectivity index (χ2v) is 8.13. The fourth-order valence-corrected chi connectivity index (χ4v) is 4.35. The van der Waals surface area contributed by atoms with Crippen molar-refractivity contribution in [3.05, 3.63) is 46.6 Å². The summed E-state index contributed by atoms with van der Waals surface area (Å²) in [6, 6.07) is 9.88. The molecule has 148 valence electrons. The molecular formula is C21H26N4O2S. The van der Waals surface area contributed by atoms with Crippen LogP contribution in [0, 0.1) is 13.8 Å². The molecule has 28 heavy (non-hydrogen) atoms. The fraction of sp³-hybridized carbons (Fsp3) is 0.429. The van der Waals surface area contributed by atoms with E-state index < -0.39 is 0 Å². The lowest BCUT2D eigenvalue weighted by molar-refractivity contribution is 0.0331. The van der Waals surface area contributed by atoms with Gasteiger partial charge in [0.2, 0.25) is 0 Å². The summed E-state index contributed by atoms with van der Waals surface area (Å²) in [4.78, 5) is 14.4. The first-order valence-corrected chi connectivity index (χ1v) is 10.5. The lowest BCUT2D eigenvalue weighted by Gasteiger charge is -2.25. The van der Waals surface area contributed by atoms with Crippen LogP contribution in [0.1, 0.15) is 16.3 Å². The Balaban J connectivity index is 1.49. The van der Waals surface area contributed by atoms with Crippen LogP contribution in [0.15, 0.2) is 30.3 Å². The van der Waals surface area contributed by atoms with Gasteiger partial charge >= 0.3 is 0 Å². The van der Waals surface area contributed by atoms with Gasteiger partial charge in [-0.1, -0.05) is 18.2 Å². The molecule has 2 aromatic heterocycles. The highest BCUT2D eigenvalue weighted by Crippen LogP contribution is 2.33. The van der Waals surface area contributed by atoms with Crippen LogP contribution in [-0.4, -0.2) is 54.3 Å². The zero-order chi connectivity index (χ0) is 19.3. The molecule has 7 heteroatoms. The number of aromatic nitrogens is 2. The molecule has 0 radical (unpaired) electrons. The number of nitrogens with one attached hydrogen (secondary N) is 1. The van der Waals surface area contributed by atoms with Crippen molar-refractivity contribution in [1.29, 1.82) is 0 Å². The summed E-state index contributed by atoms with van der Waals surface area (Å²) in [6.45, 7) is 9.72. The van der Waals surface area contributed by atoms with Gasteiger partial charge in [-0.15, -0.1) is 11.3 Å². The number of para-hydroxylation sites is 1. The maximum atomic E-state index is 5.80. The van der Waals surface area contributed by atoms with Gasteiger partial charge in [0.1, 0.15) is 28.8 Å². The largest absolute Gasteiger partial charge is 0.492 e. The van der Waals surface area contributed by atoms with E-state index in [1.54, 1.807) is 11.3 Å². The molecule has 0 atom stereocenters. The Kier molecular flexibility index (Phi) is 6.04. The second kappa shape index (κ2) is 8.86. The van der Waals surface area contributed by atoms with E-state index in [4.69, 9.17) is 19.4 Å². The third kappa shape index (κ3) is 4.43. The summed E-state index contributed by atoms with van der Waals surface area (Å²) in [5.74, 6) is 2.65. The maximum Gasteiger partial charge on any atom is 0.146 e. The second-order valence-electron chi connectivity index (χ2n) is 6.93. The molecule has 0 aliphatic carbocycles. The van der Waals surface area contributed by atoms with Crippen molar-refractivity contribution in [2.45, 2.75) is 20.4 Å². The number of hydrogen-bond donors (Lipinski definition) is 1. The summed E-state index contributed by atoms with van der Waals surface area (Å²) >= 11 is 1.74. The van der Waals surface area contributed by atoms with Crippen LogP contribution in [-0.2, 0) is 11.3 Å². The number of fused-ring (bicyclic) bond motifs is 1. The Morgan fingerprint density at radius 1 is 1.14 bits per heavy atom. The molecule has 0 saturated carbocycles. The van der Waals surface area contributed by atoms with Crippen molar-refractivity contribution >= 4 is 27.4 Å². The number of benzene rings is 1. The SMILES string of the molecule is Cc1sc2nc(CN3CCOCC3)nc(NCCOc3ccccc3)c2c1C. The van der Waals surface area contributed by atoms with E-state index in [1.165, 1.54) is 10.4 Å². The van der Waals surface area contributed by atoms with Crippen LogP contribution < -0.4 is 10.1 Å². The summed E-state index contributed by atoms with van der Waals surface area (Å²) < 4.78 is 11.2. The van der Waals surface area contributed by atoms with Crippen molar-refractivity contribution in [3.8, 4) is 5.75 Å². The lowest BCUT2D eigenvalue weighted by atomic mass is 10.2. The van der Waals surface area contributed by atoms with Crippen LogP contribution >= 0.6 is 11.3 Å². The number of nitrogens with zero attached hydrogens (tertiary/aromatic N) is 3. The molecule has 1 fully saturated rings. The minimum atomic E-state index is 0.580. The van der Waals surface area contributed by atoms with Gasteiger partial charge in [-0.25, -0.2) is 9.97 Å². The van der Waals surface area contributed by atoms with Gasteiger partial charge in [-0.05, 0) is 31.5 Å². The Morgan fingerprint density at radius 2 is 1.93 bits per heavy atom. The van der Waals surface area contributed by atoms with Crippen molar-refractivity contribution in [1.82, 2.24) is 14.9 Å². The third-order valence-corrected chi connectivity index (χ3v) is 6.05. The summed E-state index contributed by atoms with van der Waals surface area (Å²) in [6.07, 6.45) is 0. The van der Waals surface area contributed by atoms with Crippen molar-refractivity contribution < 1.29 is 9.47 Å². The highest BCUT2D eigenvalue weighted by Gasteiger charge is 2.17. The number of hydrogen-bond acceptors (Lipinski definition) is 7. The molecular weight excluding hydrogens is 372 g/mol. The highest BCUT2D eigenvalue weighted by atomic mass is 32.1. The van der Waals surface area contributed by atoms with Crippen molar-refractivity contribution in [2.24, 2.45) is 0 Å². The molecule has 0 bridgehead atoms. The van der Waals surface area contributed by atoms with E-state index in [0.717, 1.165) is 60.5 Å². The Hall–Kier alpha value is -2.22. The van der Waals surface area contributed by atoms with Gasteiger partial charge in [0, 0.05) is 18.0 Å². The molecule has 4 rings (SSSR count). The minimum Gasteiger partial charge on any atom is -0.492 e. The number of morpholine rings is 1. The first-order valence-electron chi connectivity index (χ1n) is 9.69. The smallest absolute Gasteiger partial charge is 0.146 e. The van der Waals surface area contributed by atoms with E-state index in [2.05, 4.69) is 24.1 Å². The lowest BCUT2D eigenvalue weighted by Crippen LogP contribution is -2.36. The summed E-state index contributed by atoms with van der Waals surface area (Å²) in [5, 5.41) is 4.61. The average Bonchev–Trinajstić information content (AvgIpc) is 3.00. The zero-order valence-electron chi connectivity index (χ0n) is 16.4. The molecule has 1 saturated heterocycles. The first-order chi connectivity index (χ1) is 13.7. The highest BCUT2D eigenvalue weighted by molar-refractivity contribution is 7.18. The van der Waals surface area contributed by atoms with Gasteiger partial charge in [0.05, 0.1) is 31.7 Å². The quantitative estimate of drug-likeness (QED) is 0.614. The molecule has 1 N–H and O–H groups in total. The standard InChI is InChI=1S/C21H26N4O2S/c1-15-16(2)28-21-19(15)20(22-8-11-27-17-6-4-3-5-7-17)23-18(24-21)14-25-9-12-26-13-10-25/h3-7H,8-14H2,1-2H3,(H,22,23,24). The predicted octanol–water partition coefficient (Wildman–Crippen LogP) is 3.63. The molecule has 0 amide bonds. The topological polar surface area (TPSA) is 59.5 Å². The van der Waals surface area contributed by atoms with Crippen LogP contribution in [0.5, 0.6) is 5.75 Å². The molecule has 0 spiro atoms. The maximum absolute atomic E-state index is 5.80. The molecule has 3 heterocycles. The number of thiophene rings is 1. The minimum absolute atomic E-state index is 0.580. The van der Waals surface area contributed by atoms with Gasteiger partial charge in [0.25, 0.3) is 0 Å². The van der Waals surface area contributed by atoms with E-state index in [9.17, 15) is 0 Å². The number of rotatable bonds is 7. The normalized spacial score (nSPS) is 15.1. The molecule has 1 aliphatic rings. The van der Waals surface area contributed by atoms with Gasteiger partial charge in [-0.3, -0.25) is 4.90 Å². The van der Waals surface area contributed by atoms with E-state index in [-0.39, 0.29) is 0 Å². The molecule has 1 aromatic carbocycles. The Bertz CT molecular complexity index is 923.